The molecule has 0 amide bonds. The van der Waals surface area contributed by atoms with E-state index in [1.807, 2.05) is 36.9 Å². The zero-order valence-corrected chi connectivity index (χ0v) is 41.8. The predicted octanol–water partition coefficient (Wildman–Crippen LogP) is 17.1. The third-order valence-electron chi connectivity index (χ3n) is 15.8. The summed E-state index contributed by atoms with van der Waals surface area (Å²) in [4.78, 5) is 15.5. The number of rotatable bonds is 7. The van der Waals surface area contributed by atoms with Gasteiger partial charge in [-0.3, -0.25) is 9.97 Å². The van der Waals surface area contributed by atoms with Crippen LogP contribution in [-0.4, -0.2) is 33.2 Å². The molecule has 0 spiro atoms. The number of fused-ring (bicyclic) bond motifs is 12. The third-order valence-corrected chi connectivity index (χ3v) is 15.8. The maximum atomic E-state index is 12.9. The number of hydrogen-bond acceptors (Lipinski definition) is 4. The number of aromatic nitrogens is 7. The van der Waals surface area contributed by atoms with Gasteiger partial charge in [0.25, 0.3) is 0 Å². The van der Waals surface area contributed by atoms with Gasteiger partial charge in [0.1, 0.15) is 6.07 Å². The van der Waals surface area contributed by atoms with Gasteiger partial charge in [-0.1, -0.05) is 170 Å². The molecule has 7 heterocycles. The zero-order chi connectivity index (χ0) is 51.4. The molecule has 362 valence electrons. The molecule has 8 heteroatoms. The van der Waals surface area contributed by atoms with Gasteiger partial charge in [0.15, 0.2) is 0 Å². The Hall–Kier alpha value is -10.9. The number of pyridine rings is 3. The molecule has 0 fully saturated rings. The summed E-state index contributed by atoms with van der Waals surface area (Å²) in [5.41, 5.74) is 16.2. The average molecular weight is 995 g/mol. The molecule has 0 aliphatic carbocycles. The second kappa shape index (κ2) is 17.1. The van der Waals surface area contributed by atoms with Crippen LogP contribution in [0.2, 0.25) is 0 Å². The van der Waals surface area contributed by atoms with E-state index in [4.69, 9.17) is 15.0 Å². The highest BCUT2D eigenvalue weighted by Crippen LogP contribution is 2.53. The Balaban J connectivity index is 1.27. The Kier molecular flexibility index (Phi) is 9.53. The van der Waals surface area contributed by atoms with E-state index in [0.29, 0.717) is 11.3 Å². The summed E-state index contributed by atoms with van der Waals surface area (Å²) >= 11 is 0. The van der Waals surface area contributed by atoms with Crippen molar-refractivity contribution in [1.82, 2.24) is 33.2 Å². The number of para-hydroxylation sites is 6. The number of nitrogens with zero attached hydrogens (tertiary/aromatic N) is 8. The quantitative estimate of drug-likeness (QED) is 0.159. The zero-order valence-electron chi connectivity index (χ0n) is 41.8. The van der Waals surface area contributed by atoms with E-state index < -0.39 is 0 Å². The van der Waals surface area contributed by atoms with Gasteiger partial charge in [0.05, 0.1) is 96.2 Å². The smallest absolute Gasteiger partial charge is 0.102 e. The summed E-state index contributed by atoms with van der Waals surface area (Å²) in [5.74, 6) is 0. The normalized spacial score (nSPS) is 11.8. The molecule has 0 radical (unpaired) electrons. The summed E-state index contributed by atoms with van der Waals surface area (Å²) in [6.07, 6.45) is 7.72. The highest BCUT2D eigenvalue weighted by Gasteiger charge is 2.36. The van der Waals surface area contributed by atoms with E-state index in [1.165, 1.54) is 0 Å². The van der Waals surface area contributed by atoms with Gasteiger partial charge in [-0.2, -0.15) is 5.26 Å². The van der Waals surface area contributed by atoms with Crippen LogP contribution in [0.1, 0.15) is 5.56 Å². The largest absolute Gasteiger partial charge is 0.306 e. The van der Waals surface area contributed by atoms with Crippen LogP contribution in [0.5, 0.6) is 0 Å². The Labute approximate surface area is 446 Å². The molecule has 8 nitrogen and oxygen atoms in total. The second-order valence-corrected chi connectivity index (χ2v) is 19.8. The highest BCUT2D eigenvalue weighted by atomic mass is 15.1. The summed E-state index contributed by atoms with van der Waals surface area (Å²) < 4.78 is 9.55. The predicted molar refractivity (Wildman–Crippen MR) is 318 cm³/mol. The molecule has 0 atom stereocenters. The highest BCUT2D eigenvalue weighted by molar-refractivity contribution is 6.17. The number of hydrogen-bond donors (Lipinski definition) is 0. The lowest BCUT2D eigenvalue weighted by Gasteiger charge is -2.30. The van der Waals surface area contributed by atoms with Gasteiger partial charge in [-0.15, -0.1) is 0 Å². The van der Waals surface area contributed by atoms with Crippen LogP contribution in [0.4, 0.5) is 0 Å². The van der Waals surface area contributed by atoms with Gasteiger partial charge in [-0.25, -0.2) is 4.98 Å². The summed E-state index contributed by atoms with van der Waals surface area (Å²) in [7, 11) is 0. The first-order valence-corrected chi connectivity index (χ1v) is 26.2. The molecule has 0 bridgehead atoms. The van der Waals surface area contributed by atoms with Crippen LogP contribution < -0.4 is 0 Å². The molecular weight excluding hydrogens is 953 g/mol. The van der Waals surface area contributed by atoms with Crippen molar-refractivity contribution >= 4 is 87.2 Å². The Morgan fingerprint density at radius 1 is 0.308 bits per heavy atom. The minimum atomic E-state index is 0.470. The Morgan fingerprint density at radius 3 is 1.08 bits per heavy atom. The molecule has 0 aliphatic heterocycles. The van der Waals surface area contributed by atoms with Crippen LogP contribution in [0, 0.1) is 11.3 Å². The minimum Gasteiger partial charge on any atom is -0.306 e. The molecule has 0 N–H and O–H groups in total. The topological polar surface area (TPSA) is 82.2 Å². The molecule has 0 saturated heterocycles. The van der Waals surface area contributed by atoms with Gasteiger partial charge in [0.2, 0.25) is 0 Å². The first-order chi connectivity index (χ1) is 38.7. The third kappa shape index (κ3) is 6.18. The molecule has 0 saturated carbocycles. The molecule has 78 heavy (non-hydrogen) atoms. The average Bonchev–Trinajstić information content (AvgIpc) is 4.38. The van der Waals surface area contributed by atoms with Crippen molar-refractivity contribution in [2.24, 2.45) is 0 Å². The SMILES string of the molecule is N#Cc1c(-c2ccc(-c3ccccc3)nc2-c2ccccc2)c(-n2c3ccccc3c3ccccc32)c(-n2c3ccccc3c3ccncc32)c(-n2c3ccccc3c3ccncc32)c1-n1c2ccccc2c2ccccc21. The Morgan fingerprint density at radius 2 is 0.654 bits per heavy atom. The lowest BCUT2D eigenvalue weighted by molar-refractivity contribution is 1.02. The fraction of sp³-hybridized carbons (Fsp3) is 0. The van der Waals surface area contributed by atoms with Crippen LogP contribution in [0.15, 0.2) is 255 Å². The number of benzene rings is 9. The fourth-order valence-electron chi connectivity index (χ4n) is 12.6. The monoisotopic (exact) mass is 994 g/mol. The molecule has 7 aromatic heterocycles. The molecule has 16 rings (SSSR count). The van der Waals surface area contributed by atoms with Crippen molar-refractivity contribution in [2.45, 2.75) is 0 Å². The first-order valence-electron chi connectivity index (χ1n) is 26.2. The van der Waals surface area contributed by atoms with E-state index in [2.05, 4.69) is 243 Å². The fourth-order valence-corrected chi connectivity index (χ4v) is 12.6. The summed E-state index contributed by atoms with van der Waals surface area (Å²) in [6.45, 7) is 0. The molecule has 0 unspecified atom stereocenters. The van der Waals surface area contributed by atoms with Crippen molar-refractivity contribution in [2.75, 3.05) is 0 Å². The van der Waals surface area contributed by atoms with Gasteiger partial charge in [-0.05, 0) is 60.7 Å². The van der Waals surface area contributed by atoms with Gasteiger partial charge >= 0.3 is 0 Å². The lowest BCUT2D eigenvalue weighted by Crippen LogP contribution is -2.17. The second-order valence-electron chi connectivity index (χ2n) is 19.8. The van der Waals surface area contributed by atoms with Crippen LogP contribution in [0.25, 0.3) is 144 Å². The van der Waals surface area contributed by atoms with Crippen molar-refractivity contribution in [3.05, 3.63) is 261 Å². The van der Waals surface area contributed by atoms with Crippen molar-refractivity contribution in [3.63, 3.8) is 0 Å². The molecule has 9 aromatic carbocycles. The minimum absolute atomic E-state index is 0.470. The van der Waals surface area contributed by atoms with E-state index >= 15 is 0 Å². The van der Waals surface area contributed by atoms with Crippen LogP contribution >= 0.6 is 0 Å². The molecule has 0 aliphatic rings. The van der Waals surface area contributed by atoms with Crippen LogP contribution in [0.3, 0.4) is 0 Å². The van der Waals surface area contributed by atoms with Crippen molar-refractivity contribution in [3.8, 4) is 62.5 Å². The first kappa shape index (κ1) is 43.5. The standard InChI is InChI=1S/C70H42N8/c71-41-55-65(54-35-36-56(44-19-3-1-4-20-44)74-66(54)45-21-5-2-6-22-45)68(76-59-31-15-9-25-48(59)49-26-10-16-32-60(49)76)70(78-62-34-18-12-28-51(62)53-38-40-73-43-64(53)78)69(77-61-33-17-11-27-50(61)52-37-39-72-42-63(52)77)67(55)75-57-29-13-7-23-46(57)47-24-8-14-30-58(47)75/h1-40,42-43H. The maximum absolute atomic E-state index is 12.9. The van der Waals surface area contributed by atoms with E-state index in [0.717, 1.165) is 138 Å². The van der Waals surface area contributed by atoms with E-state index in [9.17, 15) is 5.26 Å². The van der Waals surface area contributed by atoms with Crippen molar-refractivity contribution < 1.29 is 0 Å². The van der Waals surface area contributed by atoms with Gasteiger partial charge in [0, 0.05) is 77.7 Å². The summed E-state index contributed by atoms with van der Waals surface area (Å²) in [6, 6.07) is 84.0. The lowest BCUT2D eigenvalue weighted by atomic mass is 9.89. The maximum Gasteiger partial charge on any atom is 0.102 e. The number of nitriles is 1. The van der Waals surface area contributed by atoms with E-state index in [-0.39, 0.29) is 0 Å². The van der Waals surface area contributed by atoms with Crippen LogP contribution in [-0.2, 0) is 0 Å². The van der Waals surface area contributed by atoms with Gasteiger partial charge < -0.3 is 18.3 Å². The molecule has 16 aromatic rings. The van der Waals surface area contributed by atoms with E-state index in [1.54, 1.807) is 0 Å². The molecular formula is C70H42N8. The summed E-state index contributed by atoms with van der Waals surface area (Å²) in [5, 5.41) is 21.5. The van der Waals surface area contributed by atoms with Crippen molar-refractivity contribution in [1.29, 1.82) is 5.26 Å². The Bertz CT molecular complexity index is 4950.